The maximum Gasteiger partial charge on any atom is 0.220 e. The summed E-state index contributed by atoms with van der Waals surface area (Å²) in [5, 5.41) is 87.6. The summed E-state index contributed by atoms with van der Waals surface area (Å²) in [6.45, 7) is 2.84. The molecule has 12 unspecified atom stereocenters. The first-order valence-corrected chi connectivity index (χ1v) is 37.9. The van der Waals surface area contributed by atoms with E-state index in [0.29, 0.717) is 6.42 Å². The summed E-state index contributed by atoms with van der Waals surface area (Å²) in [5.74, 6) is -0.236. The number of ether oxygens (including phenoxy) is 4. The topological polar surface area (TPSA) is 228 Å². The van der Waals surface area contributed by atoms with E-state index >= 15 is 0 Å². The average molecular weight is 1280 g/mol. The van der Waals surface area contributed by atoms with Gasteiger partial charge in [-0.1, -0.05) is 319 Å². The molecule has 2 saturated heterocycles. The number of carbonyl (C=O) groups is 1. The molecule has 2 fully saturated rings. The first kappa shape index (κ1) is 84.0. The van der Waals surface area contributed by atoms with E-state index in [4.69, 9.17) is 18.9 Å². The van der Waals surface area contributed by atoms with Gasteiger partial charge in [-0.15, -0.1) is 0 Å². The maximum atomic E-state index is 13.4. The Bertz CT molecular complexity index is 1690. The largest absolute Gasteiger partial charge is 0.394 e. The number of aliphatic hydroxyl groups excluding tert-OH is 8. The van der Waals surface area contributed by atoms with Gasteiger partial charge < -0.3 is 65.1 Å². The quantitative estimate of drug-likeness (QED) is 0.0204. The van der Waals surface area contributed by atoms with Gasteiger partial charge in [-0.3, -0.25) is 4.79 Å². The minimum absolute atomic E-state index is 0.236. The molecular weight excluding hydrogens is 1130 g/mol. The smallest absolute Gasteiger partial charge is 0.220 e. The first-order valence-electron chi connectivity index (χ1n) is 37.9. The Hall–Kier alpha value is -2.05. The SMILES string of the molecule is CCCCCCC/C=C\C/C=C\C/C=C\CCCCCCCCCCCCCCCCC(=O)NC(COC1OC(CO)C(OC2OC(CO)C(O)C(O)C2O)C(O)C1O)C(O)/C=C/CCCCCCCCCCCCCCCCCCCCCCCCCCC. The predicted octanol–water partition coefficient (Wildman–Crippen LogP) is 16.2. The predicted molar refractivity (Wildman–Crippen MR) is 369 cm³/mol. The summed E-state index contributed by atoms with van der Waals surface area (Å²) >= 11 is 0. The third kappa shape index (κ3) is 43.8. The molecule has 0 bridgehead atoms. The fourth-order valence-corrected chi connectivity index (χ4v) is 12.5. The average Bonchev–Trinajstić information content (AvgIpc) is 1.26. The highest BCUT2D eigenvalue weighted by atomic mass is 16.7. The molecule has 0 radical (unpaired) electrons. The summed E-state index contributed by atoms with van der Waals surface area (Å²) in [5.41, 5.74) is 0. The lowest BCUT2D eigenvalue weighted by Gasteiger charge is -2.46. The summed E-state index contributed by atoms with van der Waals surface area (Å²) in [6, 6.07) is -0.918. The number of carbonyl (C=O) groups excluding carboxylic acids is 1. The zero-order chi connectivity index (χ0) is 65.2. The molecule has 528 valence electrons. The molecule has 2 aliphatic heterocycles. The number of amides is 1. The molecule has 0 saturated carbocycles. The number of hydrogen-bond acceptors (Lipinski definition) is 13. The molecule has 0 aromatic heterocycles. The Labute approximate surface area is 550 Å². The van der Waals surface area contributed by atoms with Gasteiger partial charge in [-0.25, -0.2) is 0 Å². The van der Waals surface area contributed by atoms with Gasteiger partial charge in [0.2, 0.25) is 5.91 Å². The second-order valence-electron chi connectivity index (χ2n) is 26.8. The highest BCUT2D eigenvalue weighted by Gasteiger charge is 2.51. The molecule has 14 nitrogen and oxygen atoms in total. The van der Waals surface area contributed by atoms with Crippen LogP contribution in [-0.2, 0) is 23.7 Å². The molecule has 14 heteroatoms. The van der Waals surface area contributed by atoms with Gasteiger partial charge in [0.05, 0.1) is 32.0 Å². The van der Waals surface area contributed by atoms with Crippen molar-refractivity contribution in [2.24, 2.45) is 0 Å². The lowest BCUT2D eigenvalue weighted by atomic mass is 9.97. The molecule has 90 heavy (non-hydrogen) atoms. The van der Waals surface area contributed by atoms with Crippen LogP contribution in [0.2, 0.25) is 0 Å². The van der Waals surface area contributed by atoms with E-state index in [2.05, 4.69) is 55.6 Å². The number of hydrogen-bond donors (Lipinski definition) is 9. The number of allylic oxidation sites excluding steroid dienone is 7. The molecule has 1 amide bonds. The number of aliphatic hydroxyl groups is 8. The first-order chi connectivity index (χ1) is 44.1. The van der Waals surface area contributed by atoms with Gasteiger partial charge in [0.25, 0.3) is 0 Å². The van der Waals surface area contributed by atoms with E-state index in [1.807, 2.05) is 6.08 Å². The van der Waals surface area contributed by atoms with Crippen molar-refractivity contribution in [3.63, 3.8) is 0 Å². The number of rotatable bonds is 63. The van der Waals surface area contributed by atoms with Crippen LogP contribution in [0.15, 0.2) is 48.6 Å². The minimum Gasteiger partial charge on any atom is -0.394 e. The highest BCUT2D eigenvalue weighted by Crippen LogP contribution is 2.30. The van der Waals surface area contributed by atoms with Crippen LogP contribution in [0.5, 0.6) is 0 Å². The molecule has 0 spiro atoms. The van der Waals surface area contributed by atoms with Crippen molar-refractivity contribution in [1.82, 2.24) is 5.32 Å². The van der Waals surface area contributed by atoms with Gasteiger partial charge in [-0.2, -0.15) is 0 Å². The Kier molecular flexibility index (Phi) is 56.6. The van der Waals surface area contributed by atoms with Crippen molar-refractivity contribution in [1.29, 1.82) is 0 Å². The zero-order valence-corrected chi connectivity index (χ0v) is 57.6. The van der Waals surface area contributed by atoms with Crippen LogP contribution in [-0.4, -0.2) is 140 Å². The Morgan fingerprint density at radius 2 is 0.733 bits per heavy atom. The molecule has 0 aromatic rings. The molecule has 0 aromatic carbocycles. The zero-order valence-electron chi connectivity index (χ0n) is 57.6. The van der Waals surface area contributed by atoms with Crippen LogP contribution in [0, 0.1) is 0 Å². The van der Waals surface area contributed by atoms with Crippen LogP contribution in [0.1, 0.15) is 335 Å². The number of nitrogens with one attached hydrogen (secondary N) is 1. The van der Waals surface area contributed by atoms with E-state index in [-0.39, 0.29) is 18.9 Å². The van der Waals surface area contributed by atoms with E-state index in [1.54, 1.807) is 6.08 Å². The van der Waals surface area contributed by atoms with Crippen LogP contribution in [0.25, 0.3) is 0 Å². The van der Waals surface area contributed by atoms with E-state index in [9.17, 15) is 45.6 Å². The van der Waals surface area contributed by atoms with Gasteiger partial charge >= 0.3 is 0 Å². The highest BCUT2D eigenvalue weighted by molar-refractivity contribution is 5.76. The molecule has 2 rings (SSSR count). The Balaban J connectivity index is 1.65. The van der Waals surface area contributed by atoms with Crippen molar-refractivity contribution in [3.8, 4) is 0 Å². The lowest BCUT2D eigenvalue weighted by Crippen LogP contribution is -2.65. The minimum atomic E-state index is -1.79. The Morgan fingerprint density at radius 3 is 1.12 bits per heavy atom. The van der Waals surface area contributed by atoms with Crippen molar-refractivity contribution in [3.05, 3.63) is 48.6 Å². The van der Waals surface area contributed by atoms with Gasteiger partial charge in [0.1, 0.15) is 48.8 Å². The fraction of sp³-hybridized carbons (Fsp3) is 0.882. The third-order valence-electron chi connectivity index (χ3n) is 18.5. The second-order valence-corrected chi connectivity index (χ2v) is 26.8. The van der Waals surface area contributed by atoms with E-state index < -0.39 is 86.8 Å². The van der Waals surface area contributed by atoms with Crippen LogP contribution in [0.4, 0.5) is 0 Å². The molecule has 2 heterocycles. The van der Waals surface area contributed by atoms with Crippen LogP contribution >= 0.6 is 0 Å². The lowest BCUT2D eigenvalue weighted by molar-refractivity contribution is -0.359. The summed E-state index contributed by atoms with van der Waals surface area (Å²) in [7, 11) is 0. The summed E-state index contributed by atoms with van der Waals surface area (Å²) in [4.78, 5) is 13.4. The standard InChI is InChI=1S/C76H141NO13/c1-3-5-7-9-11-13-15-17-19-21-23-25-27-29-31-32-34-36-38-40-42-44-46-48-50-52-54-56-58-60-68(81)77-64(63-87-75-73(86)71(84)74(67(62-79)89-75)90-76-72(85)70(83)69(82)66(61-78)88-76)65(80)59-57-55-53-51-49-47-45-43-41-39-37-35-33-30-28-26-24-22-20-18-16-14-12-10-8-6-4-2/h15,17,21,23,27,29,57,59,64-67,69-76,78-80,82-86H,3-14,16,18-20,22,24-26,28,30-56,58,60-63H2,1-2H3,(H,77,81)/b17-15-,23-21-,29-27-,59-57+. The van der Waals surface area contributed by atoms with Gasteiger partial charge in [-0.05, 0) is 57.8 Å². The van der Waals surface area contributed by atoms with Crippen molar-refractivity contribution in [2.45, 2.75) is 408 Å². The van der Waals surface area contributed by atoms with Gasteiger partial charge in [0, 0.05) is 6.42 Å². The second kappa shape index (κ2) is 60.6. The molecule has 0 aliphatic carbocycles. The van der Waals surface area contributed by atoms with E-state index in [1.165, 1.54) is 257 Å². The molecule has 9 N–H and O–H groups in total. The van der Waals surface area contributed by atoms with Crippen molar-refractivity contribution >= 4 is 5.91 Å². The summed E-state index contributed by atoms with van der Waals surface area (Å²) in [6.07, 6.45) is 63.1. The van der Waals surface area contributed by atoms with Crippen molar-refractivity contribution < 1.29 is 64.6 Å². The fourth-order valence-electron chi connectivity index (χ4n) is 12.5. The van der Waals surface area contributed by atoms with Gasteiger partial charge in [0.15, 0.2) is 12.6 Å². The van der Waals surface area contributed by atoms with Crippen LogP contribution < -0.4 is 5.32 Å². The molecule has 2 aliphatic rings. The third-order valence-corrected chi connectivity index (χ3v) is 18.5. The molecule has 12 atom stereocenters. The normalized spacial score (nSPS) is 23.1. The summed E-state index contributed by atoms with van der Waals surface area (Å²) < 4.78 is 22.9. The number of unbranched alkanes of at least 4 members (excludes halogenated alkanes) is 44. The molecular formula is C76H141NO13. The van der Waals surface area contributed by atoms with E-state index in [0.717, 1.165) is 51.4 Å². The maximum absolute atomic E-state index is 13.4. The monoisotopic (exact) mass is 1280 g/mol. The van der Waals surface area contributed by atoms with Crippen LogP contribution in [0.3, 0.4) is 0 Å². The van der Waals surface area contributed by atoms with Crippen molar-refractivity contribution in [2.75, 3.05) is 19.8 Å². The Morgan fingerprint density at radius 1 is 0.400 bits per heavy atom.